The van der Waals surface area contributed by atoms with E-state index in [2.05, 4.69) is 5.32 Å². The Bertz CT molecular complexity index is 336. The number of carbonyl (C=O) groups excluding carboxylic acids is 1. The summed E-state index contributed by atoms with van der Waals surface area (Å²) in [4.78, 5) is 11.0. The third-order valence-electron chi connectivity index (χ3n) is 1.86. The predicted octanol–water partition coefficient (Wildman–Crippen LogP) is 1.22. The van der Waals surface area contributed by atoms with Crippen molar-refractivity contribution in [3.63, 3.8) is 0 Å². The van der Waals surface area contributed by atoms with Crippen LogP contribution in [0.1, 0.15) is 11.6 Å². The van der Waals surface area contributed by atoms with Crippen molar-refractivity contribution in [1.29, 1.82) is 0 Å². The predicted molar refractivity (Wildman–Crippen MR) is 52.4 cm³/mol. The molecule has 0 aromatic heterocycles. The van der Waals surface area contributed by atoms with Crippen LogP contribution in [0.25, 0.3) is 0 Å². The van der Waals surface area contributed by atoms with Gasteiger partial charge in [-0.15, -0.1) is 0 Å². The fraction of sp³-hybridized carbons (Fsp3) is 0.222. The quantitative estimate of drug-likeness (QED) is 0.799. The summed E-state index contributed by atoms with van der Waals surface area (Å²) >= 11 is 5.76. The van der Waals surface area contributed by atoms with Crippen molar-refractivity contribution < 1.29 is 9.18 Å². The van der Waals surface area contributed by atoms with Gasteiger partial charge < -0.3 is 11.1 Å². The number of nitrogens with two attached hydrogens (primary N) is 1. The van der Waals surface area contributed by atoms with Crippen molar-refractivity contribution in [1.82, 2.24) is 5.32 Å². The molecule has 3 nitrogen and oxygen atoms in total. The lowest BCUT2D eigenvalue weighted by molar-refractivity contribution is -0.120. The van der Waals surface area contributed by atoms with Crippen LogP contribution in [0.5, 0.6) is 0 Å². The van der Waals surface area contributed by atoms with Crippen LogP contribution < -0.4 is 11.1 Å². The molecule has 1 aromatic carbocycles. The summed E-state index contributed by atoms with van der Waals surface area (Å²) in [6.07, 6.45) is 0. The highest BCUT2D eigenvalue weighted by Gasteiger charge is 2.21. The van der Waals surface area contributed by atoms with Crippen molar-refractivity contribution in [3.05, 3.63) is 34.6 Å². The van der Waals surface area contributed by atoms with E-state index in [9.17, 15) is 9.18 Å². The molecule has 0 saturated heterocycles. The zero-order valence-electron chi connectivity index (χ0n) is 7.55. The van der Waals surface area contributed by atoms with Crippen LogP contribution in [-0.2, 0) is 4.79 Å². The minimum absolute atomic E-state index is 0.0872. The molecule has 0 spiro atoms. The summed E-state index contributed by atoms with van der Waals surface area (Å²) < 4.78 is 13.3. The molecule has 0 aliphatic heterocycles. The van der Waals surface area contributed by atoms with E-state index < -0.39 is 17.8 Å². The smallest absolute Gasteiger partial charge is 0.239 e. The molecule has 0 heterocycles. The topological polar surface area (TPSA) is 55.1 Å². The van der Waals surface area contributed by atoms with Gasteiger partial charge in [0.15, 0.2) is 0 Å². The van der Waals surface area contributed by atoms with Crippen LogP contribution in [0.3, 0.4) is 0 Å². The van der Waals surface area contributed by atoms with Crippen LogP contribution in [0.2, 0.25) is 5.02 Å². The number of halogens is 2. The molecule has 0 aliphatic carbocycles. The average Bonchev–Trinajstić information content (AvgIpc) is 2.10. The minimum atomic E-state index is -0.899. The van der Waals surface area contributed by atoms with Gasteiger partial charge in [0.2, 0.25) is 5.91 Å². The lowest BCUT2D eigenvalue weighted by atomic mass is 10.1. The Labute approximate surface area is 86.0 Å². The fourth-order valence-electron chi connectivity index (χ4n) is 1.22. The van der Waals surface area contributed by atoms with Gasteiger partial charge >= 0.3 is 0 Å². The monoisotopic (exact) mass is 216 g/mol. The maximum Gasteiger partial charge on any atom is 0.239 e. The van der Waals surface area contributed by atoms with Gasteiger partial charge in [-0.2, -0.15) is 0 Å². The van der Waals surface area contributed by atoms with Gasteiger partial charge in [-0.1, -0.05) is 17.7 Å². The van der Waals surface area contributed by atoms with Crippen molar-refractivity contribution in [2.24, 2.45) is 5.73 Å². The summed E-state index contributed by atoms with van der Waals surface area (Å²) in [5, 5.41) is 2.78. The number of carbonyl (C=O) groups is 1. The number of amides is 1. The molecule has 5 heteroatoms. The molecule has 0 unspecified atom stereocenters. The molecule has 76 valence electrons. The van der Waals surface area contributed by atoms with Crippen LogP contribution in [0.15, 0.2) is 18.2 Å². The van der Waals surface area contributed by atoms with Crippen LogP contribution in [-0.4, -0.2) is 13.0 Å². The molecule has 0 radical (unpaired) electrons. The van der Waals surface area contributed by atoms with Crippen LogP contribution in [0, 0.1) is 5.82 Å². The van der Waals surface area contributed by atoms with Gasteiger partial charge in [0.1, 0.15) is 11.9 Å². The molecule has 3 N–H and O–H groups in total. The number of primary amides is 1. The molecule has 1 atom stereocenters. The number of likely N-dealkylation sites (N-methyl/N-ethyl adjacent to an activating group) is 1. The maximum absolute atomic E-state index is 13.3. The SMILES string of the molecule is CN[C@H](C(N)=O)c1c(F)cccc1Cl. The maximum atomic E-state index is 13.3. The molecule has 1 rings (SSSR count). The normalized spacial score (nSPS) is 12.5. The Balaban J connectivity index is 3.22. The highest BCUT2D eigenvalue weighted by atomic mass is 35.5. The summed E-state index contributed by atoms with van der Waals surface area (Å²) in [5.74, 6) is -1.21. The lowest BCUT2D eigenvalue weighted by Gasteiger charge is -2.14. The highest BCUT2D eigenvalue weighted by molar-refractivity contribution is 6.31. The van der Waals surface area contributed by atoms with Crippen molar-refractivity contribution in [2.75, 3.05) is 7.05 Å². The standard InChI is InChI=1S/C9H10ClFN2O/c1-13-8(9(12)14)7-5(10)3-2-4-6(7)11/h2-4,8,13H,1H3,(H2,12,14)/t8-/m0/s1. The van der Waals surface area contributed by atoms with Crippen molar-refractivity contribution in [2.45, 2.75) is 6.04 Å². The summed E-state index contributed by atoms with van der Waals surface area (Å²) in [6.45, 7) is 0. The number of rotatable bonds is 3. The first-order chi connectivity index (χ1) is 6.57. The van der Waals surface area contributed by atoms with E-state index in [0.717, 1.165) is 0 Å². The first kappa shape index (κ1) is 10.9. The minimum Gasteiger partial charge on any atom is -0.368 e. The molecular formula is C9H10ClFN2O. The van der Waals surface area contributed by atoms with Gasteiger partial charge in [0.05, 0.1) is 0 Å². The Morgan fingerprint density at radius 2 is 2.29 bits per heavy atom. The second-order valence-corrected chi connectivity index (χ2v) is 3.17. The first-order valence-corrected chi connectivity index (χ1v) is 4.36. The van der Waals surface area contributed by atoms with Gasteiger partial charge in [-0.05, 0) is 19.2 Å². The third kappa shape index (κ3) is 2.02. The third-order valence-corrected chi connectivity index (χ3v) is 2.19. The summed E-state index contributed by atoms with van der Waals surface area (Å²) in [5.41, 5.74) is 5.18. The fourth-order valence-corrected chi connectivity index (χ4v) is 1.49. The lowest BCUT2D eigenvalue weighted by Crippen LogP contribution is -2.32. The van der Waals surface area contributed by atoms with Gasteiger partial charge in [-0.25, -0.2) is 4.39 Å². The number of benzene rings is 1. The van der Waals surface area contributed by atoms with E-state index in [0.29, 0.717) is 0 Å². The zero-order valence-corrected chi connectivity index (χ0v) is 8.31. The molecule has 0 aliphatic rings. The molecule has 0 bridgehead atoms. The van der Waals surface area contributed by atoms with Gasteiger partial charge in [-0.3, -0.25) is 4.79 Å². The Morgan fingerprint density at radius 1 is 1.64 bits per heavy atom. The van der Waals surface area contributed by atoms with Gasteiger partial charge in [0.25, 0.3) is 0 Å². The van der Waals surface area contributed by atoms with E-state index in [4.69, 9.17) is 17.3 Å². The second-order valence-electron chi connectivity index (χ2n) is 2.76. The average molecular weight is 217 g/mol. The first-order valence-electron chi connectivity index (χ1n) is 3.98. The largest absolute Gasteiger partial charge is 0.368 e. The zero-order chi connectivity index (χ0) is 10.7. The highest BCUT2D eigenvalue weighted by Crippen LogP contribution is 2.25. The molecule has 0 fully saturated rings. The Morgan fingerprint density at radius 3 is 2.71 bits per heavy atom. The van der Waals surface area contributed by atoms with Crippen LogP contribution >= 0.6 is 11.6 Å². The van der Waals surface area contributed by atoms with E-state index >= 15 is 0 Å². The van der Waals surface area contributed by atoms with E-state index in [1.165, 1.54) is 25.2 Å². The van der Waals surface area contributed by atoms with Crippen LogP contribution in [0.4, 0.5) is 4.39 Å². The Kier molecular flexibility index (Phi) is 3.43. The van der Waals surface area contributed by atoms with E-state index in [1.54, 1.807) is 0 Å². The molecular weight excluding hydrogens is 207 g/mol. The van der Waals surface area contributed by atoms with E-state index in [-0.39, 0.29) is 10.6 Å². The Hall–Kier alpha value is -1.13. The van der Waals surface area contributed by atoms with E-state index in [1.807, 2.05) is 0 Å². The molecule has 1 amide bonds. The van der Waals surface area contributed by atoms with Gasteiger partial charge in [0, 0.05) is 10.6 Å². The second kappa shape index (κ2) is 4.39. The molecule has 1 aromatic rings. The number of nitrogens with one attached hydrogen (secondary N) is 1. The number of hydrogen-bond acceptors (Lipinski definition) is 2. The van der Waals surface area contributed by atoms with Crippen molar-refractivity contribution in [3.8, 4) is 0 Å². The summed E-state index contributed by atoms with van der Waals surface area (Å²) in [7, 11) is 1.51. The molecule has 0 saturated carbocycles. The summed E-state index contributed by atoms with van der Waals surface area (Å²) in [6, 6.07) is 3.31. The van der Waals surface area contributed by atoms with Crippen molar-refractivity contribution >= 4 is 17.5 Å². The number of hydrogen-bond donors (Lipinski definition) is 2. The molecule has 14 heavy (non-hydrogen) atoms.